The van der Waals surface area contributed by atoms with Crippen molar-refractivity contribution in [2.24, 2.45) is 0 Å². The van der Waals surface area contributed by atoms with Gasteiger partial charge in [-0.05, 0) is 73.5 Å². The third-order valence-electron chi connectivity index (χ3n) is 6.44. The van der Waals surface area contributed by atoms with Gasteiger partial charge in [-0.15, -0.1) is 0 Å². The molecule has 10 nitrogen and oxygen atoms in total. The number of benzene rings is 1. The lowest BCUT2D eigenvalue weighted by atomic mass is 10.1. The van der Waals surface area contributed by atoms with Gasteiger partial charge >= 0.3 is 0 Å². The van der Waals surface area contributed by atoms with E-state index < -0.39 is 0 Å². The van der Waals surface area contributed by atoms with Crippen LogP contribution < -0.4 is 16.4 Å². The van der Waals surface area contributed by atoms with E-state index in [-0.39, 0.29) is 11.9 Å². The second kappa shape index (κ2) is 8.90. The summed E-state index contributed by atoms with van der Waals surface area (Å²) in [5.41, 5.74) is 11.7. The Bertz CT molecular complexity index is 1570. The summed E-state index contributed by atoms with van der Waals surface area (Å²) >= 11 is 0. The van der Waals surface area contributed by atoms with Crippen LogP contribution in [-0.2, 0) is 11.2 Å². The zero-order valence-corrected chi connectivity index (χ0v) is 19.7. The quantitative estimate of drug-likeness (QED) is 0.341. The molecule has 1 aromatic carbocycles. The maximum atomic E-state index is 12.2. The first-order valence-electron chi connectivity index (χ1n) is 11.8. The Morgan fingerprint density at radius 1 is 1.14 bits per heavy atom. The SMILES string of the molecule is CNCC(=O)N[C@H]1CCc2cc(-n3c(-c4cccnc4N)nc4ccc(-n5cccn5)nc43)ccc21. The molecule has 4 aromatic heterocycles. The highest BCUT2D eigenvalue weighted by Crippen LogP contribution is 2.35. The third kappa shape index (κ3) is 3.77. The lowest BCUT2D eigenvalue weighted by molar-refractivity contribution is -0.120. The van der Waals surface area contributed by atoms with E-state index in [1.807, 2.05) is 47.2 Å². The number of nitrogens with zero attached hydrogens (tertiary/aromatic N) is 6. The summed E-state index contributed by atoms with van der Waals surface area (Å²) in [6, 6.07) is 15.7. The van der Waals surface area contributed by atoms with Gasteiger partial charge in [0.25, 0.3) is 0 Å². The molecule has 1 amide bonds. The number of aryl methyl sites for hydroxylation is 1. The van der Waals surface area contributed by atoms with E-state index in [9.17, 15) is 4.79 Å². The molecule has 1 aliphatic carbocycles. The van der Waals surface area contributed by atoms with Crippen LogP contribution in [0.5, 0.6) is 0 Å². The largest absolute Gasteiger partial charge is 0.383 e. The number of hydrogen-bond acceptors (Lipinski definition) is 7. The molecule has 5 aromatic rings. The number of nitrogens with one attached hydrogen (secondary N) is 2. The smallest absolute Gasteiger partial charge is 0.234 e. The lowest BCUT2D eigenvalue weighted by Gasteiger charge is -2.15. The summed E-state index contributed by atoms with van der Waals surface area (Å²) in [5.74, 6) is 1.74. The van der Waals surface area contributed by atoms with Gasteiger partial charge in [-0.2, -0.15) is 5.10 Å². The van der Waals surface area contributed by atoms with Crippen LogP contribution in [-0.4, -0.2) is 48.8 Å². The highest BCUT2D eigenvalue weighted by atomic mass is 16.1. The van der Waals surface area contributed by atoms with E-state index in [4.69, 9.17) is 15.7 Å². The van der Waals surface area contributed by atoms with Gasteiger partial charge in [-0.1, -0.05) is 6.07 Å². The molecule has 0 bridgehead atoms. The van der Waals surface area contributed by atoms with E-state index in [0.717, 1.165) is 35.2 Å². The predicted octanol–water partition coefficient (Wildman–Crippen LogP) is 2.57. The van der Waals surface area contributed by atoms with Crippen molar-refractivity contribution in [3.05, 3.63) is 78.2 Å². The number of hydrogen-bond donors (Lipinski definition) is 3. The second-order valence-corrected chi connectivity index (χ2v) is 8.74. The molecule has 0 radical (unpaired) electrons. The minimum absolute atomic E-state index is 0.00686. The summed E-state index contributed by atoms with van der Waals surface area (Å²) in [6.45, 7) is 0.297. The molecule has 0 spiro atoms. The molecule has 1 atom stereocenters. The van der Waals surface area contributed by atoms with Crippen LogP contribution in [0.15, 0.2) is 67.1 Å². The molecule has 0 aliphatic heterocycles. The van der Waals surface area contributed by atoms with Crippen molar-refractivity contribution in [1.29, 1.82) is 0 Å². The number of carbonyl (C=O) groups excluding carboxylic acids is 1. The molecular weight excluding hydrogens is 454 g/mol. The monoisotopic (exact) mass is 479 g/mol. The first kappa shape index (κ1) is 21.9. The minimum atomic E-state index is -0.00952. The van der Waals surface area contributed by atoms with Crippen LogP contribution >= 0.6 is 0 Å². The predicted molar refractivity (Wildman–Crippen MR) is 137 cm³/mol. The Morgan fingerprint density at radius 2 is 2.06 bits per heavy atom. The van der Waals surface area contributed by atoms with Gasteiger partial charge in [0.05, 0.1) is 18.2 Å². The second-order valence-electron chi connectivity index (χ2n) is 8.74. The number of carbonyl (C=O) groups is 1. The summed E-state index contributed by atoms with van der Waals surface area (Å²) in [7, 11) is 1.77. The number of likely N-dealkylation sites (N-methyl/N-ethyl adjacent to an activating group) is 1. The topological polar surface area (TPSA) is 129 Å². The zero-order chi connectivity index (χ0) is 24.6. The summed E-state index contributed by atoms with van der Waals surface area (Å²) in [4.78, 5) is 26.2. The fourth-order valence-corrected chi connectivity index (χ4v) is 4.81. The van der Waals surface area contributed by atoms with E-state index in [0.29, 0.717) is 29.7 Å². The summed E-state index contributed by atoms with van der Waals surface area (Å²) in [6.07, 6.45) is 6.97. The molecule has 0 saturated carbocycles. The Kier molecular flexibility index (Phi) is 5.42. The molecule has 0 saturated heterocycles. The van der Waals surface area contributed by atoms with Crippen molar-refractivity contribution in [2.75, 3.05) is 19.3 Å². The highest BCUT2D eigenvalue weighted by molar-refractivity contribution is 5.83. The van der Waals surface area contributed by atoms with E-state index in [1.165, 1.54) is 5.56 Å². The van der Waals surface area contributed by atoms with Crippen LogP contribution in [0.4, 0.5) is 5.82 Å². The van der Waals surface area contributed by atoms with Crippen molar-refractivity contribution in [3.8, 4) is 22.9 Å². The number of pyridine rings is 2. The van der Waals surface area contributed by atoms with Crippen molar-refractivity contribution in [1.82, 2.24) is 39.9 Å². The average molecular weight is 480 g/mol. The van der Waals surface area contributed by atoms with Crippen molar-refractivity contribution in [2.45, 2.75) is 18.9 Å². The number of fused-ring (bicyclic) bond motifs is 2. The third-order valence-corrected chi connectivity index (χ3v) is 6.44. The van der Waals surface area contributed by atoms with Crippen LogP contribution in [0.2, 0.25) is 0 Å². The molecule has 180 valence electrons. The Balaban J connectivity index is 1.50. The molecule has 4 heterocycles. The minimum Gasteiger partial charge on any atom is -0.383 e. The normalized spacial score (nSPS) is 14.8. The molecule has 1 aliphatic rings. The number of amides is 1. The summed E-state index contributed by atoms with van der Waals surface area (Å²) in [5, 5.41) is 10.3. The van der Waals surface area contributed by atoms with Gasteiger partial charge in [0.15, 0.2) is 17.3 Å². The van der Waals surface area contributed by atoms with Gasteiger partial charge in [0, 0.05) is 24.3 Å². The van der Waals surface area contributed by atoms with Crippen molar-refractivity contribution >= 4 is 22.9 Å². The Morgan fingerprint density at radius 3 is 2.86 bits per heavy atom. The van der Waals surface area contributed by atoms with E-state index >= 15 is 0 Å². The van der Waals surface area contributed by atoms with Gasteiger partial charge in [-0.3, -0.25) is 9.36 Å². The lowest BCUT2D eigenvalue weighted by Crippen LogP contribution is -2.34. The number of rotatable bonds is 6. The van der Waals surface area contributed by atoms with E-state index in [1.54, 1.807) is 24.1 Å². The fraction of sp³-hybridized carbons (Fsp3) is 0.192. The first-order chi connectivity index (χ1) is 17.6. The van der Waals surface area contributed by atoms with Gasteiger partial charge in [0.1, 0.15) is 11.3 Å². The number of nitrogens with two attached hydrogens (primary N) is 1. The van der Waals surface area contributed by atoms with Crippen LogP contribution in [0.1, 0.15) is 23.6 Å². The van der Waals surface area contributed by atoms with Crippen LogP contribution in [0.3, 0.4) is 0 Å². The van der Waals surface area contributed by atoms with Crippen LogP contribution in [0.25, 0.3) is 34.1 Å². The van der Waals surface area contributed by atoms with Gasteiger partial charge in [-0.25, -0.2) is 19.6 Å². The standard InChI is InChI=1S/C26H25N9O/c1-28-15-23(36)31-20-8-5-16-14-17(6-7-18(16)20)35-25(19-4-2-11-29-24(19)27)32-21-9-10-22(33-26(21)35)34-13-3-12-30-34/h2-4,6-7,9-14,20,28H,5,8,15H2,1H3,(H2,27,29)(H,31,36)/t20-/m0/s1. The highest BCUT2D eigenvalue weighted by Gasteiger charge is 2.26. The molecule has 10 heteroatoms. The molecular formula is C26H25N9O. The van der Waals surface area contributed by atoms with Crippen molar-refractivity contribution in [3.63, 3.8) is 0 Å². The Labute approximate surface area is 207 Å². The number of imidazole rings is 1. The Hall–Kier alpha value is -4.57. The number of aromatic nitrogens is 6. The van der Waals surface area contributed by atoms with Gasteiger partial charge < -0.3 is 16.4 Å². The first-order valence-corrected chi connectivity index (χ1v) is 11.8. The number of nitrogen functional groups attached to an aromatic ring is 1. The maximum absolute atomic E-state index is 12.2. The molecule has 0 unspecified atom stereocenters. The molecule has 6 rings (SSSR count). The van der Waals surface area contributed by atoms with Crippen molar-refractivity contribution < 1.29 is 4.79 Å². The molecule has 0 fully saturated rings. The average Bonchev–Trinajstić information content (AvgIpc) is 3.63. The molecule has 4 N–H and O–H groups in total. The maximum Gasteiger partial charge on any atom is 0.234 e. The van der Waals surface area contributed by atoms with Crippen LogP contribution in [0, 0.1) is 0 Å². The van der Waals surface area contributed by atoms with Gasteiger partial charge in [0.2, 0.25) is 5.91 Å². The summed E-state index contributed by atoms with van der Waals surface area (Å²) < 4.78 is 3.74. The van der Waals surface area contributed by atoms with E-state index in [2.05, 4.69) is 32.8 Å². The molecule has 36 heavy (non-hydrogen) atoms. The number of anilines is 1. The fourth-order valence-electron chi connectivity index (χ4n) is 4.81. The zero-order valence-electron chi connectivity index (χ0n) is 19.7.